The van der Waals surface area contributed by atoms with Gasteiger partial charge in [0.2, 0.25) is 0 Å². The van der Waals surface area contributed by atoms with E-state index in [-0.39, 0.29) is 11.7 Å². The van der Waals surface area contributed by atoms with Gasteiger partial charge in [0.15, 0.2) is 0 Å². The Kier molecular flexibility index (Phi) is 4.99. The fraction of sp³-hybridized carbons (Fsp3) is 0.750. The summed E-state index contributed by atoms with van der Waals surface area (Å²) in [6.07, 6.45) is 1.69. The van der Waals surface area contributed by atoms with Crippen LogP contribution < -0.4 is 9.80 Å². The Balaban J connectivity index is 1.77. The summed E-state index contributed by atoms with van der Waals surface area (Å²) in [6, 6.07) is 2.07. The van der Waals surface area contributed by atoms with Crippen LogP contribution in [0, 0.1) is 0 Å². The van der Waals surface area contributed by atoms with Gasteiger partial charge in [0.25, 0.3) is 0 Å². The first-order valence-corrected chi connectivity index (χ1v) is 8.14. The van der Waals surface area contributed by atoms with E-state index in [4.69, 9.17) is 14.2 Å². The minimum Gasteiger partial charge on any atom is -0.382 e. The molecule has 7 heteroatoms. The number of anilines is 2. The average molecular weight is 322 g/mol. The summed E-state index contributed by atoms with van der Waals surface area (Å²) in [7, 11) is 1.70. The van der Waals surface area contributed by atoms with Crippen LogP contribution in [0.25, 0.3) is 0 Å². The van der Waals surface area contributed by atoms with Crippen molar-refractivity contribution < 1.29 is 14.2 Å². The summed E-state index contributed by atoms with van der Waals surface area (Å²) in [6.45, 7) is 9.61. The predicted octanol–water partition coefficient (Wildman–Crippen LogP) is 0.943. The zero-order chi connectivity index (χ0) is 16.3. The zero-order valence-electron chi connectivity index (χ0n) is 14.2. The van der Waals surface area contributed by atoms with E-state index in [2.05, 4.69) is 39.7 Å². The topological polar surface area (TPSA) is 60.0 Å². The number of morpholine rings is 2. The maximum Gasteiger partial charge on any atom is 0.134 e. The lowest BCUT2D eigenvalue weighted by Gasteiger charge is -2.43. The molecule has 0 saturated carbocycles. The highest BCUT2D eigenvalue weighted by Gasteiger charge is 2.34. The number of rotatable bonds is 4. The van der Waals surface area contributed by atoms with Crippen LogP contribution in [0.2, 0.25) is 0 Å². The summed E-state index contributed by atoms with van der Waals surface area (Å²) >= 11 is 0. The molecule has 0 aliphatic carbocycles. The van der Waals surface area contributed by atoms with Crippen LogP contribution in [0.3, 0.4) is 0 Å². The SMILES string of the molecule is COC[C@@H]1CN(c2cc(N3CCOCC3)ncn2)CC(C)(C)O1. The van der Waals surface area contributed by atoms with Crippen molar-refractivity contribution in [2.24, 2.45) is 0 Å². The Morgan fingerprint density at radius 2 is 1.91 bits per heavy atom. The molecule has 0 unspecified atom stereocenters. The van der Waals surface area contributed by atoms with Crippen LogP contribution in [0.5, 0.6) is 0 Å². The highest BCUT2D eigenvalue weighted by Crippen LogP contribution is 2.26. The Labute approximate surface area is 137 Å². The molecule has 0 amide bonds. The van der Waals surface area contributed by atoms with Crippen LogP contribution in [-0.4, -0.2) is 74.8 Å². The third-order valence-corrected chi connectivity index (χ3v) is 4.13. The summed E-state index contributed by atoms with van der Waals surface area (Å²) in [5.41, 5.74) is -0.231. The first-order valence-electron chi connectivity index (χ1n) is 8.14. The van der Waals surface area contributed by atoms with Gasteiger partial charge < -0.3 is 24.0 Å². The van der Waals surface area contributed by atoms with Crippen molar-refractivity contribution in [1.82, 2.24) is 9.97 Å². The first-order chi connectivity index (χ1) is 11.1. The van der Waals surface area contributed by atoms with Crippen molar-refractivity contribution in [3.05, 3.63) is 12.4 Å². The summed E-state index contributed by atoms with van der Waals surface area (Å²) in [5.74, 6) is 1.91. The molecule has 0 bridgehead atoms. The molecule has 2 aliphatic heterocycles. The van der Waals surface area contributed by atoms with Gasteiger partial charge in [-0.2, -0.15) is 0 Å². The summed E-state index contributed by atoms with van der Waals surface area (Å²) < 4.78 is 16.8. The molecule has 3 rings (SSSR count). The van der Waals surface area contributed by atoms with Crippen LogP contribution in [0.1, 0.15) is 13.8 Å². The molecule has 0 radical (unpaired) electrons. The smallest absolute Gasteiger partial charge is 0.134 e. The molecule has 3 heterocycles. The number of ether oxygens (including phenoxy) is 3. The summed E-state index contributed by atoms with van der Waals surface area (Å²) in [5, 5.41) is 0. The van der Waals surface area contributed by atoms with Gasteiger partial charge >= 0.3 is 0 Å². The van der Waals surface area contributed by atoms with Crippen molar-refractivity contribution in [3.63, 3.8) is 0 Å². The third kappa shape index (κ3) is 4.10. The quantitative estimate of drug-likeness (QED) is 0.817. The molecule has 0 aromatic carbocycles. The average Bonchev–Trinajstić information content (AvgIpc) is 2.55. The molecule has 0 spiro atoms. The monoisotopic (exact) mass is 322 g/mol. The zero-order valence-corrected chi connectivity index (χ0v) is 14.2. The minimum absolute atomic E-state index is 0.0468. The van der Waals surface area contributed by atoms with Crippen LogP contribution in [0.15, 0.2) is 12.4 Å². The molecule has 1 aromatic rings. The van der Waals surface area contributed by atoms with Crippen LogP contribution in [0.4, 0.5) is 11.6 Å². The molecule has 0 N–H and O–H groups in total. The fourth-order valence-corrected chi connectivity index (χ4v) is 3.22. The standard InChI is InChI=1S/C16H26N4O3/c1-16(2)11-20(9-13(23-16)10-21-3)15-8-14(17-12-18-15)19-4-6-22-7-5-19/h8,12-13H,4-7,9-11H2,1-3H3/t13-/m0/s1. The Bertz CT molecular complexity index is 520. The Morgan fingerprint density at radius 3 is 2.61 bits per heavy atom. The predicted molar refractivity (Wildman–Crippen MR) is 88.1 cm³/mol. The first kappa shape index (κ1) is 16.4. The molecule has 23 heavy (non-hydrogen) atoms. The van der Waals surface area contributed by atoms with E-state index in [0.717, 1.165) is 51.0 Å². The lowest BCUT2D eigenvalue weighted by atomic mass is 10.1. The van der Waals surface area contributed by atoms with E-state index in [1.807, 2.05) is 0 Å². The van der Waals surface area contributed by atoms with E-state index >= 15 is 0 Å². The van der Waals surface area contributed by atoms with Crippen LogP contribution in [-0.2, 0) is 14.2 Å². The molecular formula is C16H26N4O3. The van der Waals surface area contributed by atoms with E-state index in [9.17, 15) is 0 Å². The van der Waals surface area contributed by atoms with Gasteiger partial charge in [0.05, 0.1) is 31.5 Å². The maximum atomic E-state index is 6.08. The van der Waals surface area contributed by atoms with Crippen LogP contribution >= 0.6 is 0 Å². The number of nitrogens with zero attached hydrogens (tertiary/aromatic N) is 4. The van der Waals surface area contributed by atoms with Crippen molar-refractivity contribution in [1.29, 1.82) is 0 Å². The number of hydrogen-bond acceptors (Lipinski definition) is 7. The molecule has 2 aliphatic rings. The number of methoxy groups -OCH3 is 1. The van der Waals surface area contributed by atoms with Crippen molar-refractivity contribution >= 4 is 11.6 Å². The lowest BCUT2D eigenvalue weighted by molar-refractivity contribution is -0.106. The van der Waals surface area contributed by atoms with Gasteiger partial charge in [-0.15, -0.1) is 0 Å². The van der Waals surface area contributed by atoms with Crippen molar-refractivity contribution in [2.45, 2.75) is 25.6 Å². The van der Waals surface area contributed by atoms with E-state index in [1.54, 1.807) is 13.4 Å². The van der Waals surface area contributed by atoms with Gasteiger partial charge in [-0.25, -0.2) is 9.97 Å². The highest BCUT2D eigenvalue weighted by atomic mass is 16.5. The van der Waals surface area contributed by atoms with Gasteiger partial charge in [-0.1, -0.05) is 0 Å². The molecule has 1 aromatic heterocycles. The molecule has 2 fully saturated rings. The van der Waals surface area contributed by atoms with E-state index < -0.39 is 0 Å². The number of aromatic nitrogens is 2. The number of hydrogen-bond donors (Lipinski definition) is 0. The normalized spacial score (nSPS) is 24.7. The second-order valence-electron chi connectivity index (χ2n) is 6.67. The third-order valence-electron chi connectivity index (χ3n) is 4.13. The van der Waals surface area contributed by atoms with Crippen molar-refractivity contribution in [3.8, 4) is 0 Å². The van der Waals surface area contributed by atoms with E-state index in [0.29, 0.717) is 6.61 Å². The second kappa shape index (κ2) is 6.98. The Hall–Kier alpha value is -1.44. The highest BCUT2D eigenvalue weighted by molar-refractivity contribution is 5.51. The van der Waals surface area contributed by atoms with Gasteiger partial charge in [0.1, 0.15) is 18.0 Å². The fourth-order valence-electron chi connectivity index (χ4n) is 3.22. The maximum absolute atomic E-state index is 6.08. The molecule has 2 saturated heterocycles. The Morgan fingerprint density at radius 1 is 1.22 bits per heavy atom. The summed E-state index contributed by atoms with van der Waals surface area (Å²) in [4.78, 5) is 13.4. The second-order valence-corrected chi connectivity index (χ2v) is 6.67. The molecular weight excluding hydrogens is 296 g/mol. The van der Waals surface area contributed by atoms with Gasteiger partial charge in [-0.05, 0) is 13.8 Å². The van der Waals surface area contributed by atoms with Crippen molar-refractivity contribution in [2.75, 3.05) is 62.9 Å². The largest absolute Gasteiger partial charge is 0.382 e. The molecule has 1 atom stereocenters. The van der Waals surface area contributed by atoms with Gasteiger partial charge in [-0.3, -0.25) is 0 Å². The minimum atomic E-state index is -0.231. The molecule has 7 nitrogen and oxygen atoms in total. The van der Waals surface area contributed by atoms with Gasteiger partial charge in [0, 0.05) is 39.4 Å². The lowest BCUT2D eigenvalue weighted by Crippen LogP contribution is -2.54. The van der Waals surface area contributed by atoms with E-state index in [1.165, 1.54) is 0 Å². The molecule has 128 valence electrons.